The summed E-state index contributed by atoms with van der Waals surface area (Å²) in [5.41, 5.74) is 1.95. The molecule has 0 amide bonds. The fourth-order valence-corrected chi connectivity index (χ4v) is 2.06. The first-order valence-corrected chi connectivity index (χ1v) is 5.74. The summed E-state index contributed by atoms with van der Waals surface area (Å²) in [5, 5.41) is 0. The van der Waals surface area contributed by atoms with Crippen molar-refractivity contribution in [3.63, 3.8) is 0 Å². The van der Waals surface area contributed by atoms with Crippen molar-refractivity contribution in [3.8, 4) is 0 Å². The highest BCUT2D eigenvalue weighted by Crippen LogP contribution is 2.25. The molecule has 1 rings (SSSR count). The molecular weight excluding hydrogens is 240 g/mol. The molecule has 14 heavy (non-hydrogen) atoms. The van der Waals surface area contributed by atoms with E-state index in [0.717, 1.165) is 24.0 Å². The summed E-state index contributed by atoms with van der Waals surface area (Å²) in [6.07, 6.45) is 2.27. The molecule has 1 unspecified atom stereocenters. The monoisotopic (exact) mass is 254 g/mol. The van der Waals surface area contributed by atoms with Gasteiger partial charge in [0.05, 0.1) is 0 Å². The van der Waals surface area contributed by atoms with Crippen LogP contribution in [0, 0.1) is 0 Å². The van der Waals surface area contributed by atoms with E-state index in [2.05, 4.69) is 29.8 Å². The van der Waals surface area contributed by atoms with Crippen LogP contribution >= 0.6 is 15.9 Å². The van der Waals surface area contributed by atoms with Crippen molar-refractivity contribution in [2.75, 3.05) is 0 Å². The average molecular weight is 255 g/mol. The molecule has 0 aromatic heterocycles. The third-order valence-electron chi connectivity index (χ3n) is 2.43. The molecule has 1 nitrogen and oxygen atoms in total. The molecular formula is C12H15BrO. The van der Waals surface area contributed by atoms with Crippen LogP contribution in [-0.2, 0) is 0 Å². The first-order chi connectivity index (χ1) is 6.66. The molecule has 0 bridgehead atoms. The molecule has 0 saturated heterocycles. The number of carbonyl (C=O) groups excluding carboxylic acids is 1. The lowest BCUT2D eigenvalue weighted by Crippen LogP contribution is -2.01. The van der Waals surface area contributed by atoms with Crippen LogP contribution in [0.2, 0.25) is 0 Å². The average Bonchev–Trinajstić information content (AvgIpc) is 2.18. The van der Waals surface area contributed by atoms with Crippen molar-refractivity contribution in [3.05, 3.63) is 35.4 Å². The quantitative estimate of drug-likeness (QED) is 0.739. The van der Waals surface area contributed by atoms with Gasteiger partial charge in [-0.3, -0.25) is 4.79 Å². The topological polar surface area (TPSA) is 17.1 Å². The van der Waals surface area contributed by atoms with Gasteiger partial charge in [-0.1, -0.05) is 44.5 Å². The van der Waals surface area contributed by atoms with Gasteiger partial charge in [0.15, 0.2) is 0 Å². The fourth-order valence-electron chi connectivity index (χ4n) is 1.69. The van der Waals surface area contributed by atoms with E-state index in [1.54, 1.807) is 0 Å². The molecule has 1 atom stereocenters. The molecule has 0 radical (unpaired) electrons. The first kappa shape index (κ1) is 11.4. The molecule has 2 heteroatoms. The van der Waals surface area contributed by atoms with Gasteiger partial charge >= 0.3 is 0 Å². The van der Waals surface area contributed by atoms with E-state index in [4.69, 9.17) is 0 Å². The van der Waals surface area contributed by atoms with Crippen molar-refractivity contribution < 1.29 is 4.79 Å². The second-order valence-corrected chi connectivity index (χ2v) is 4.27. The summed E-state index contributed by atoms with van der Waals surface area (Å²) in [7, 11) is 0. The van der Waals surface area contributed by atoms with Gasteiger partial charge in [-0.05, 0) is 33.8 Å². The molecule has 1 aromatic rings. The zero-order chi connectivity index (χ0) is 10.6. The zero-order valence-electron chi connectivity index (χ0n) is 8.59. The SMILES string of the molecule is CCCC(C)c1ccccc1C(=O)Br. The predicted octanol–water partition coefficient (Wildman–Crippen LogP) is 4.13. The Balaban J connectivity index is 3.00. The molecule has 0 aliphatic heterocycles. The standard InChI is InChI=1S/C12H15BrO/c1-3-6-9(2)10-7-4-5-8-11(10)12(13)14/h4-5,7-9H,3,6H2,1-2H3. The zero-order valence-corrected chi connectivity index (χ0v) is 10.2. The molecule has 0 fully saturated rings. The second-order valence-electron chi connectivity index (χ2n) is 3.55. The van der Waals surface area contributed by atoms with Crippen molar-refractivity contribution >= 4 is 20.6 Å². The van der Waals surface area contributed by atoms with Gasteiger partial charge in [0, 0.05) is 5.56 Å². The van der Waals surface area contributed by atoms with Gasteiger partial charge in [0.1, 0.15) is 0 Å². The van der Waals surface area contributed by atoms with Crippen LogP contribution in [0.15, 0.2) is 24.3 Å². The molecule has 0 aliphatic carbocycles. The van der Waals surface area contributed by atoms with Crippen LogP contribution in [0.1, 0.15) is 48.5 Å². The Bertz CT molecular complexity index is 320. The maximum absolute atomic E-state index is 11.3. The van der Waals surface area contributed by atoms with Gasteiger partial charge < -0.3 is 0 Å². The Morgan fingerprint density at radius 2 is 2.07 bits per heavy atom. The molecule has 76 valence electrons. The van der Waals surface area contributed by atoms with Crippen LogP contribution in [0.3, 0.4) is 0 Å². The highest BCUT2D eigenvalue weighted by Gasteiger charge is 2.12. The van der Waals surface area contributed by atoms with Gasteiger partial charge in [-0.15, -0.1) is 0 Å². The Morgan fingerprint density at radius 1 is 1.43 bits per heavy atom. The van der Waals surface area contributed by atoms with Crippen LogP contribution in [-0.4, -0.2) is 4.69 Å². The van der Waals surface area contributed by atoms with Gasteiger partial charge in [-0.2, -0.15) is 0 Å². The third kappa shape index (κ3) is 2.68. The summed E-state index contributed by atoms with van der Waals surface area (Å²) in [6.45, 7) is 4.33. The van der Waals surface area contributed by atoms with Crippen LogP contribution < -0.4 is 0 Å². The first-order valence-electron chi connectivity index (χ1n) is 4.95. The highest BCUT2D eigenvalue weighted by atomic mass is 79.9. The minimum absolute atomic E-state index is 0.0175. The van der Waals surface area contributed by atoms with Crippen LogP contribution in [0.4, 0.5) is 0 Å². The van der Waals surface area contributed by atoms with Crippen molar-refractivity contribution in [2.45, 2.75) is 32.6 Å². The normalized spacial score (nSPS) is 12.5. The molecule has 0 spiro atoms. The maximum atomic E-state index is 11.3. The minimum atomic E-state index is -0.0175. The second kappa shape index (κ2) is 5.30. The van der Waals surface area contributed by atoms with E-state index in [-0.39, 0.29) is 4.69 Å². The lowest BCUT2D eigenvalue weighted by atomic mass is 9.93. The Kier molecular flexibility index (Phi) is 4.33. The maximum Gasteiger partial charge on any atom is 0.228 e. The summed E-state index contributed by atoms with van der Waals surface area (Å²) in [6, 6.07) is 7.80. The van der Waals surface area contributed by atoms with Gasteiger partial charge in [0.25, 0.3) is 0 Å². The number of hydrogen-bond acceptors (Lipinski definition) is 1. The number of benzene rings is 1. The summed E-state index contributed by atoms with van der Waals surface area (Å²) < 4.78 is -0.0175. The van der Waals surface area contributed by atoms with Crippen molar-refractivity contribution in [1.29, 1.82) is 0 Å². The van der Waals surface area contributed by atoms with E-state index < -0.39 is 0 Å². The Morgan fingerprint density at radius 3 is 2.64 bits per heavy atom. The number of halogens is 1. The lowest BCUT2D eigenvalue weighted by Gasteiger charge is -2.13. The molecule has 0 heterocycles. The minimum Gasteiger partial charge on any atom is -0.281 e. The van der Waals surface area contributed by atoms with Crippen molar-refractivity contribution in [1.82, 2.24) is 0 Å². The predicted molar refractivity (Wildman–Crippen MR) is 63.0 cm³/mol. The summed E-state index contributed by atoms with van der Waals surface area (Å²) >= 11 is 3.01. The van der Waals surface area contributed by atoms with Crippen LogP contribution in [0.5, 0.6) is 0 Å². The summed E-state index contributed by atoms with van der Waals surface area (Å²) in [5.74, 6) is 0.456. The van der Waals surface area contributed by atoms with Crippen molar-refractivity contribution in [2.24, 2.45) is 0 Å². The van der Waals surface area contributed by atoms with Gasteiger partial charge in [0.2, 0.25) is 4.69 Å². The molecule has 0 aliphatic rings. The summed E-state index contributed by atoms with van der Waals surface area (Å²) in [4.78, 5) is 11.3. The molecule has 0 N–H and O–H groups in total. The number of hydrogen-bond donors (Lipinski definition) is 0. The largest absolute Gasteiger partial charge is 0.281 e. The molecule has 1 aromatic carbocycles. The van der Waals surface area contributed by atoms with Crippen LogP contribution in [0.25, 0.3) is 0 Å². The number of rotatable bonds is 4. The Labute approximate surface area is 93.7 Å². The Hall–Kier alpha value is -0.630. The van der Waals surface area contributed by atoms with E-state index in [1.165, 1.54) is 0 Å². The van der Waals surface area contributed by atoms with E-state index in [0.29, 0.717) is 5.92 Å². The lowest BCUT2D eigenvalue weighted by molar-refractivity contribution is 0.109. The third-order valence-corrected chi connectivity index (χ3v) is 2.85. The molecule has 0 saturated carbocycles. The fraction of sp³-hybridized carbons (Fsp3) is 0.417. The smallest absolute Gasteiger partial charge is 0.228 e. The highest BCUT2D eigenvalue weighted by molar-refractivity contribution is 9.18. The number of carbonyl (C=O) groups is 1. The van der Waals surface area contributed by atoms with Gasteiger partial charge in [-0.25, -0.2) is 0 Å². The van der Waals surface area contributed by atoms with E-state index in [1.807, 2.05) is 24.3 Å². The van der Waals surface area contributed by atoms with E-state index >= 15 is 0 Å². The van der Waals surface area contributed by atoms with E-state index in [9.17, 15) is 4.79 Å².